The molecule has 0 bridgehead atoms. The van der Waals surface area contributed by atoms with E-state index >= 15 is 0 Å². The van der Waals surface area contributed by atoms with E-state index in [-0.39, 0.29) is 5.91 Å². The van der Waals surface area contributed by atoms with Gasteiger partial charge in [-0.15, -0.1) is 0 Å². The lowest BCUT2D eigenvalue weighted by atomic mass is 10.2. The number of carbonyl (C=O) groups is 1. The number of halogens is 1. The van der Waals surface area contributed by atoms with Gasteiger partial charge in [-0.05, 0) is 30.3 Å². The van der Waals surface area contributed by atoms with Crippen molar-refractivity contribution in [1.82, 2.24) is 4.98 Å². The number of morpholine rings is 1. The van der Waals surface area contributed by atoms with Crippen molar-refractivity contribution in [2.75, 3.05) is 42.3 Å². The highest BCUT2D eigenvalue weighted by Crippen LogP contribution is 2.21. The van der Waals surface area contributed by atoms with Crippen molar-refractivity contribution in [2.24, 2.45) is 0 Å². The predicted molar refractivity (Wildman–Crippen MR) is 91.1 cm³/mol. The first kappa shape index (κ1) is 15.6. The molecule has 1 fully saturated rings. The van der Waals surface area contributed by atoms with Gasteiger partial charge in [0.1, 0.15) is 5.82 Å². The Bertz CT molecular complexity index is 700. The first-order valence-electron chi connectivity index (χ1n) is 7.28. The van der Waals surface area contributed by atoms with Crippen molar-refractivity contribution in [3.63, 3.8) is 0 Å². The van der Waals surface area contributed by atoms with Gasteiger partial charge in [0.2, 0.25) is 0 Å². The monoisotopic (exact) mass is 332 g/mol. The lowest BCUT2D eigenvalue weighted by molar-refractivity contribution is 0.102. The summed E-state index contributed by atoms with van der Waals surface area (Å²) in [7, 11) is 0. The summed E-state index contributed by atoms with van der Waals surface area (Å²) in [5.41, 5.74) is 7.12. The van der Waals surface area contributed by atoms with Crippen LogP contribution in [0.25, 0.3) is 0 Å². The minimum Gasteiger partial charge on any atom is -0.399 e. The molecule has 2 aromatic rings. The maximum Gasteiger partial charge on any atom is 0.257 e. The lowest BCUT2D eigenvalue weighted by Crippen LogP contribution is -2.36. The number of benzene rings is 1. The molecule has 120 valence electrons. The molecule has 3 N–H and O–H groups in total. The summed E-state index contributed by atoms with van der Waals surface area (Å²) in [6.45, 7) is 3.04. The molecule has 2 heterocycles. The van der Waals surface area contributed by atoms with Gasteiger partial charge >= 0.3 is 0 Å². The Morgan fingerprint density at radius 3 is 2.74 bits per heavy atom. The number of nitrogens with zero attached hydrogens (tertiary/aromatic N) is 2. The number of anilines is 3. The molecule has 7 heteroatoms. The van der Waals surface area contributed by atoms with Gasteiger partial charge in [0, 0.05) is 18.8 Å². The second kappa shape index (κ2) is 6.85. The summed E-state index contributed by atoms with van der Waals surface area (Å²) >= 11 is 6.03. The number of amides is 1. The first-order valence-corrected chi connectivity index (χ1v) is 7.66. The molecule has 1 aromatic heterocycles. The fraction of sp³-hybridized carbons (Fsp3) is 0.250. The molecule has 6 nitrogen and oxygen atoms in total. The van der Waals surface area contributed by atoms with E-state index < -0.39 is 0 Å². The zero-order valence-electron chi connectivity index (χ0n) is 12.5. The maximum absolute atomic E-state index is 12.3. The van der Waals surface area contributed by atoms with Gasteiger partial charge in [-0.2, -0.15) is 0 Å². The standard InChI is InChI=1S/C16H17ClN4O2/c17-14-3-1-11(18)9-13(14)16(22)20-12-2-4-15(19-10-12)21-5-7-23-8-6-21/h1-4,9-10H,5-8,18H2,(H,20,22). The third-order valence-corrected chi connectivity index (χ3v) is 3.91. The number of pyridine rings is 1. The number of ether oxygens (including phenoxy) is 1. The second-order valence-corrected chi connectivity index (χ2v) is 5.61. The van der Waals surface area contributed by atoms with E-state index in [1.165, 1.54) is 0 Å². The smallest absolute Gasteiger partial charge is 0.257 e. The van der Waals surface area contributed by atoms with Crippen LogP contribution in [-0.4, -0.2) is 37.2 Å². The van der Waals surface area contributed by atoms with E-state index in [0.717, 1.165) is 18.9 Å². The Balaban J connectivity index is 1.70. The highest BCUT2D eigenvalue weighted by molar-refractivity contribution is 6.34. The Morgan fingerprint density at radius 1 is 1.26 bits per heavy atom. The summed E-state index contributed by atoms with van der Waals surface area (Å²) in [4.78, 5) is 18.8. The summed E-state index contributed by atoms with van der Waals surface area (Å²) < 4.78 is 5.32. The Labute approximate surface area is 139 Å². The molecule has 1 aliphatic rings. The number of carbonyl (C=O) groups excluding carboxylic acids is 1. The minimum atomic E-state index is -0.316. The highest BCUT2D eigenvalue weighted by atomic mass is 35.5. The number of nitrogen functional groups attached to an aromatic ring is 1. The number of hydrogen-bond acceptors (Lipinski definition) is 5. The summed E-state index contributed by atoms with van der Waals surface area (Å²) in [5, 5.41) is 3.13. The van der Waals surface area contributed by atoms with E-state index in [2.05, 4.69) is 15.2 Å². The molecule has 0 aliphatic carbocycles. The second-order valence-electron chi connectivity index (χ2n) is 5.20. The lowest BCUT2D eigenvalue weighted by Gasteiger charge is -2.27. The molecule has 0 atom stereocenters. The summed E-state index contributed by atoms with van der Waals surface area (Å²) in [6, 6.07) is 8.49. The number of hydrogen-bond donors (Lipinski definition) is 2. The predicted octanol–water partition coefficient (Wildman–Crippen LogP) is 2.41. The van der Waals surface area contributed by atoms with E-state index in [4.69, 9.17) is 22.1 Å². The van der Waals surface area contributed by atoms with Crippen LogP contribution in [-0.2, 0) is 4.74 Å². The van der Waals surface area contributed by atoms with Gasteiger partial charge in [-0.1, -0.05) is 11.6 Å². The first-order chi connectivity index (χ1) is 11.1. The molecule has 0 unspecified atom stereocenters. The zero-order chi connectivity index (χ0) is 16.2. The average Bonchev–Trinajstić information content (AvgIpc) is 2.58. The van der Waals surface area contributed by atoms with Crippen LogP contribution in [0.1, 0.15) is 10.4 Å². The third kappa shape index (κ3) is 3.72. The molecular weight excluding hydrogens is 316 g/mol. The van der Waals surface area contributed by atoms with Crippen molar-refractivity contribution < 1.29 is 9.53 Å². The zero-order valence-corrected chi connectivity index (χ0v) is 13.2. The van der Waals surface area contributed by atoms with Crippen LogP contribution in [0.5, 0.6) is 0 Å². The maximum atomic E-state index is 12.3. The van der Waals surface area contributed by atoms with Crippen LogP contribution in [0, 0.1) is 0 Å². The molecule has 23 heavy (non-hydrogen) atoms. The van der Waals surface area contributed by atoms with Crippen LogP contribution < -0.4 is 16.0 Å². The van der Waals surface area contributed by atoms with Crippen LogP contribution in [0.3, 0.4) is 0 Å². The molecule has 0 radical (unpaired) electrons. The average molecular weight is 333 g/mol. The van der Waals surface area contributed by atoms with Gasteiger partial charge in [0.15, 0.2) is 0 Å². The summed E-state index contributed by atoms with van der Waals surface area (Å²) in [5.74, 6) is 0.552. The fourth-order valence-electron chi connectivity index (χ4n) is 2.35. The van der Waals surface area contributed by atoms with E-state index in [1.807, 2.05) is 12.1 Å². The Kier molecular flexibility index (Phi) is 4.64. The number of aromatic nitrogens is 1. The molecular formula is C16H17ClN4O2. The molecule has 3 rings (SSSR count). The van der Waals surface area contributed by atoms with E-state index in [0.29, 0.717) is 35.2 Å². The molecule has 0 saturated carbocycles. The largest absolute Gasteiger partial charge is 0.399 e. The van der Waals surface area contributed by atoms with Gasteiger partial charge in [-0.3, -0.25) is 4.79 Å². The topological polar surface area (TPSA) is 80.5 Å². The minimum absolute atomic E-state index is 0.316. The number of nitrogens with one attached hydrogen (secondary N) is 1. The number of rotatable bonds is 3. The Morgan fingerprint density at radius 2 is 2.04 bits per heavy atom. The fourth-order valence-corrected chi connectivity index (χ4v) is 2.56. The van der Waals surface area contributed by atoms with E-state index in [1.54, 1.807) is 24.4 Å². The van der Waals surface area contributed by atoms with Crippen molar-refractivity contribution in [3.05, 3.63) is 47.1 Å². The number of nitrogens with two attached hydrogens (primary N) is 1. The SMILES string of the molecule is Nc1ccc(Cl)c(C(=O)Nc2ccc(N3CCOCC3)nc2)c1. The van der Waals surface area contributed by atoms with Crippen LogP contribution in [0.4, 0.5) is 17.2 Å². The van der Waals surface area contributed by atoms with Crippen molar-refractivity contribution in [3.8, 4) is 0 Å². The molecule has 1 aromatic carbocycles. The molecule has 1 aliphatic heterocycles. The quantitative estimate of drug-likeness (QED) is 0.844. The van der Waals surface area contributed by atoms with Crippen molar-refractivity contribution in [2.45, 2.75) is 0 Å². The van der Waals surface area contributed by atoms with Crippen LogP contribution in [0.15, 0.2) is 36.5 Å². The molecule has 1 amide bonds. The normalized spacial score (nSPS) is 14.6. The van der Waals surface area contributed by atoms with E-state index in [9.17, 15) is 4.79 Å². The third-order valence-electron chi connectivity index (χ3n) is 3.58. The van der Waals surface area contributed by atoms with Crippen molar-refractivity contribution >= 4 is 34.7 Å². The summed E-state index contributed by atoms with van der Waals surface area (Å²) in [6.07, 6.45) is 1.63. The van der Waals surface area contributed by atoms with Gasteiger partial charge in [0.05, 0.1) is 35.7 Å². The van der Waals surface area contributed by atoms with Gasteiger partial charge < -0.3 is 20.7 Å². The Hall–Kier alpha value is -2.31. The van der Waals surface area contributed by atoms with Crippen molar-refractivity contribution in [1.29, 1.82) is 0 Å². The molecule has 1 saturated heterocycles. The van der Waals surface area contributed by atoms with Gasteiger partial charge in [0.25, 0.3) is 5.91 Å². The molecule has 0 spiro atoms. The van der Waals surface area contributed by atoms with Crippen LogP contribution >= 0.6 is 11.6 Å². The highest BCUT2D eigenvalue weighted by Gasteiger charge is 2.14. The van der Waals surface area contributed by atoms with Crippen LogP contribution in [0.2, 0.25) is 5.02 Å². The van der Waals surface area contributed by atoms with Gasteiger partial charge in [-0.25, -0.2) is 4.98 Å².